The van der Waals surface area contributed by atoms with E-state index in [9.17, 15) is 4.79 Å². The number of ether oxygens (including phenoxy) is 2. The van der Waals surface area contributed by atoms with E-state index in [1.165, 1.54) is 16.5 Å². The van der Waals surface area contributed by atoms with E-state index in [2.05, 4.69) is 44.4 Å². The summed E-state index contributed by atoms with van der Waals surface area (Å²) in [4.78, 5) is 12.5. The maximum absolute atomic E-state index is 12.5. The van der Waals surface area contributed by atoms with Crippen LogP contribution in [0.2, 0.25) is 0 Å². The van der Waals surface area contributed by atoms with Crippen LogP contribution in [-0.2, 0) is 11.2 Å². The third-order valence-corrected chi connectivity index (χ3v) is 6.32. The molecule has 0 spiro atoms. The van der Waals surface area contributed by atoms with Crippen molar-refractivity contribution in [3.63, 3.8) is 0 Å². The van der Waals surface area contributed by atoms with Crippen molar-refractivity contribution in [2.24, 2.45) is 0 Å². The zero-order chi connectivity index (χ0) is 20.4. The van der Waals surface area contributed by atoms with E-state index in [4.69, 9.17) is 9.47 Å². The second-order valence-corrected chi connectivity index (χ2v) is 8.12. The van der Waals surface area contributed by atoms with Gasteiger partial charge < -0.3 is 14.8 Å². The number of carbonyl (C=O) groups excluding carboxylic acids is 1. The van der Waals surface area contributed by atoms with Gasteiger partial charge in [-0.25, -0.2) is 0 Å². The molecular formula is C20H20N4O3S2. The van der Waals surface area contributed by atoms with Crippen LogP contribution in [0.15, 0.2) is 40.7 Å². The topological polar surface area (TPSA) is 77.8 Å². The number of anilines is 1. The number of carbonyl (C=O) groups is 1. The average molecular weight is 429 g/mol. The molecule has 0 bridgehead atoms. The van der Waals surface area contributed by atoms with Gasteiger partial charge in [-0.15, -0.1) is 21.5 Å². The van der Waals surface area contributed by atoms with Crippen molar-refractivity contribution in [1.29, 1.82) is 0 Å². The zero-order valence-electron chi connectivity index (χ0n) is 16.3. The quantitative estimate of drug-likeness (QED) is 0.443. The number of fused-ring (bicyclic) bond motifs is 3. The van der Waals surface area contributed by atoms with Gasteiger partial charge in [0.1, 0.15) is 22.3 Å². The summed E-state index contributed by atoms with van der Waals surface area (Å²) < 4.78 is 13.8. The summed E-state index contributed by atoms with van der Waals surface area (Å²) in [5, 5.41) is 14.4. The number of methoxy groups -OCH3 is 2. The molecule has 0 aliphatic heterocycles. The Kier molecular flexibility index (Phi) is 5.59. The van der Waals surface area contributed by atoms with Crippen LogP contribution in [0.4, 0.5) is 5.69 Å². The predicted octanol–water partition coefficient (Wildman–Crippen LogP) is 4.25. The summed E-state index contributed by atoms with van der Waals surface area (Å²) in [6.07, 6.45) is 0.784. The van der Waals surface area contributed by atoms with Crippen LogP contribution >= 0.6 is 23.1 Å². The van der Waals surface area contributed by atoms with E-state index in [0.717, 1.165) is 28.3 Å². The Morgan fingerprint density at radius 1 is 1.17 bits per heavy atom. The highest BCUT2D eigenvalue weighted by Gasteiger charge is 2.16. The minimum Gasteiger partial charge on any atom is -0.497 e. The van der Waals surface area contributed by atoms with Gasteiger partial charge in [0.2, 0.25) is 5.91 Å². The number of rotatable bonds is 7. The number of thiophene rings is 1. The predicted molar refractivity (Wildman–Crippen MR) is 117 cm³/mol. The van der Waals surface area contributed by atoms with Gasteiger partial charge in [0.05, 0.1) is 41.4 Å². The lowest BCUT2D eigenvalue weighted by Gasteiger charge is -2.11. The van der Waals surface area contributed by atoms with Gasteiger partial charge >= 0.3 is 0 Å². The number of hydrogen-bond donors (Lipinski definition) is 1. The molecule has 0 unspecified atom stereocenters. The van der Waals surface area contributed by atoms with Crippen molar-refractivity contribution < 1.29 is 14.3 Å². The number of aromatic nitrogens is 3. The first-order chi connectivity index (χ1) is 14.1. The number of nitrogens with one attached hydrogen (secondary N) is 1. The Hall–Kier alpha value is -2.78. The molecule has 0 aliphatic carbocycles. The Morgan fingerprint density at radius 2 is 2.03 bits per heavy atom. The molecule has 0 fully saturated rings. The van der Waals surface area contributed by atoms with Gasteiger partial charge in [0.15, 0.2) is 0 Å². The molecule has 4 rings (SSSR count). The molecular weight excluding hydrogens is 408 g/mol. The van der Waals surface area contributed by atoms with Gasteiger partial charge in [-0.05, 0) is 29.6 Å². The summed E-state index contributed by atoms with van der Waals surface area (Å²) in [6.45, 7) is 2.06. The highest BCUT2D eigenvalue weighted by atomic mass is 32.2. The van der Waals surface area contributed by atoms with E-state index >= 15 is 0 Å². The molecule has 29 heavy (non-hydrogen) atoms. The maximum Gasteiger partial charge on any atom is 0.234 e. The van der Waals surface area contributed by atoms with E-state index in [-0.39, 0.29) is 11.7 Å². The molecule has 0 saturated carbocycles. The van der Waals surface area contributed by atoms with E-state index < -0.39 is 0 Å². The summed E-state index contributed by atoms with van der Waals surface area (Å²) in [6, 6.07) is 9.46. The van der Waals surface area contributed by atoms with Crippen molar-refractivity contribution in [3.05, 3.63) is 41.5 Å². The second-order valence-electron chi connectivity index (χ2n) is 6.21. The summed E-state index contributed by atoms with van der Waals surface area (Å²) >= 11 is 3.05. The molecule has 7 nitrogen and oxygen atoms in total. The molecule has 1 amide bonds. The molecule has 150 valence electrons. The molecule has 4 aromatic rings. The maximum atomic E-state index is 12.5. The lowest BCUT2D eigenvalue weighted by Crippen LogP contribution is -2.15. The van der Waals surface area contributed by atoms with Gasteiger partial charge in [-0.1, -0.05) is 18.7 Å². The fourth-order valence-electron chi connectivity index (χ4n) is 3.11. The molecule has 0 radical (unpaired) electrons. The van der Waals surface area contributed by atoms with E-state index in [1.807, 2.05) is 0 Å². The number of nitrogens with zero attached hydrogens (tertiary/aromatic N) is 3. The molecule has 0 atom stereocenters. The van der Waals surface area contributed by atoms with Crippen LogP contribution in [0.3, 0.4) is 0 Å². The first-order valence-corrected chi connectivity index (χ1v) is 10.9. The monoisotopic (exact) mass is 428 g/mol. The normalized spacial score (nSPS) is 11.1. The van der Waals surface area contributed by atoms with Crippen LogP contribution in [0.1, 0.15) is 12.7 Å². The SMILES string of the molecule is CCc1nnc(SCC(=O)Nc2ccc(OC)cc2OC)c2cc3sccc3n12. The summed E-state index contributed by atoms with van der Waals surface area (Å²) in [5.74, 6) is 2.18. The molecule has 3 heterocycles. The molecule has 1 N–H and O–H groups in total. The van der Waals surface area contributed by atoms with Crippen LogP contribution in [0.5, 0.6) is 11.5 Å². The fourth-order valence-corrected chi connectivity index (χ4v) is 4.65. The molecule has 0 aliphatic rings. The average Bonchev–Trinajstić information content (AvgIpc) is 3.34. The van der Waals surface area contributed by atoms with Crippen molar-refractivity contribution in [2.75, 3.05) is 25.3 Å². The van der Waals surface area contributed by atoms with Gasteiger partial charge in [-0.3, -0.25) is 9.20 Å². The highest BCUT2D eigenvalue weighted by molar-refractivity contribution is 8.00. The summed E-state index contributed by atoms with van der Waals surface area (Å²) in [7, 11) is 3.14. The number of amides is 1. The minimum absolute atomic E-state index is 0.147. The number of benzene rings is 1. The Balaban J connectivity index is 1.53. The fraction of sp³-hybridized carbons (Fsp3) is 0.250. The Morgan fingerprint density at radius 3 is 2.79 bits per heavy atom. The minimum atomic E-state index is -0.147. The first kappa shape index (κ1) is 19.5. The Labute approximate surface area is 176 Å². The standard InChI is InChI=1S/C20H20N4O3S2/c1-4-18-22-23-20(15-10-17-14(24(15)18)7-8-28-17)29-11-19(25)21-13-6-5-12(26-2)9-16(13)27-3/h5-10H,4,11H2,1-3H3,(H,21,25). The third-order valence-electron chi connectivity index (χ3n) is 4.50. The molecule has 1 aromatic carbocycles. The number of aryl methyl sites for hydroxylation is 1. The van der Waals surface area contributed by atoms with Crippen LogP contribution in [0, 0.1) is 0 Å². The van der Waals surface area contributed by atoms with Gasteiger partial charge in [-0.2, -0.15) is 0 Å². The van der Waals surface area contributed by atoms with E-state index in [1.54, 1.807) is 43.8 Å². The number of hydrogen-bond acceptors (Lipinski definition) is 7. The van der Waals surface area contributed by atoms with Crippen molar-refractivity contribution in [3.8, 4) is 11.5 Å². The van der Waals surface area contributed by atoms with Crippen molar-refractivity contribution in [2.45, 2.75) is 18.4 Å². The molecule has 3 aromatic heterocycles. The van der Waals surface area contributed by atoms with Crippen LogP contribution in [0.25, 0.3) is 15.7 Å². The number of thioether (sulfide) groups is 1. The molecule has 0 saturated heterocycles. The van der Waals surface area contributed by atoms with Gasteiger partial charge in [0.25, 0.3) is 0 Å². The lowest BCUT2D eigenvalue weighted by atomic mass is 10.2. The first-order valence-electron chi connectivity index (χ1n) is 9.03. The largest absolute Gasteiger partial charge is 0.497 e. The van der Waals surface area contributed by atoms with E-state index in [0.29, 0.717) is 17.2 Å². The van der Waals surface area contributed by atoms with Crippen molar-refractivity contribution >= 4 is 50.4 Å². The second kappa shape index (κ2) is 8.30. The van der Waals surface area contributed by atoms with Crippen LogP contribution in [-0.4, -0.2) is 40.5 Å². The highest BCUT2D eigenvalue weighted by Crippen LogP contribution is 2.32. The zero-order valence-corrected chi connectivity index (χ0v) is 17.9. The third kappa shape index (κ3) is 3.75. The molecule has 9 heteroatoms. The van der Waals surface area contributed by atoms with Gasteiger partial charge in [0, 0.05) is 12.5 Å². The van der Waals surface area contributed by atoms with Crippen LogP contribution < -0.4 is 14.8 Å². The Bertz CT molecular complexity index is 1190. The lowest BCUT2D eigenvalue weighted by molar-refractivity contribution is -0.113. The van der Waals surface area contributed by atoms with Crippen molar-refractivity contribution in [1.82, 2.24) is 14.6 Å². The smallest absolute Gasteiger partial charge is 0.234 e. The summed E-state index contributed by atoms with van der Waals surface area (Å²) in [5.41, 5.74) is 2.71.